The molecule has 0 spiro atoms. The number of likely N-dealkylation sites (N-methyl/N-ethyl adjacent to an activating group) is 1. The van der Waals surface area contributed by atoms with Gasteiger partial charge in [-0.1, -0.05) is 11.6 Å². The molecule has 0 saturated heterocycles. The monoisotopic (exact) mass is 225 g/mol. The Kier molecular flexibility index (Phi) is 3.17. The Morgan fingerprint density at radius 1 is 1.53 bits per heavy atom. The van der Waals surface area contributed by atoms with Crippen LogP contribution >= 0.6 is 11.6 Å². The van der Waals surface area contributed by atoms with Crippen molar-refractivity contribution in [2.75, 3.05) is 13.7 Å². The van der Waals surface area contributed by atoms with Crippen molar-refractivity contribution in [3.8, 4) is 5.75 Å². The first kappa shape index (κ1) is 10.8. The lowest BCUT2D eigenvalue weighted by Gasteiger charge is -2.13. The standard InChI is InChI=1S/C12H16ClNO/c1-8(14-2)5-10-7-11(13)6-9-3-4-15-12(9)10/h6-8,14H,3-5H2,1-2H3. The van der Waals surface area contributed by atoms with E-state index in [4.69, 9.17) is 16.3 Å². The molecule has 1 aliphatic rings. The average molecular weight is 226 g/mol. The topological polar surface area (TPSA) is 21.3 Å². The van der Waals surface area contributed by atoms with Crippen LogP contribution < -0.4 is 10.1 Å². The molecule has 1 aliphatic heterocycles. The molecule has 1 heterocycles. The Bertz CT molecular complexity index is 365. The van der Waals surface area contributed by atoms with Crippen LogP contribution in [0.3, 0.4) is 0 Å². The highest BCUT2D eigenvalue weighted by atomic mass is 35.5. The Balaban J connectivity index is 2.30. The van der Waals surface area contributed by atoms with Gasteiger partial charge in [-0.3, -0.25) is 0 Å². The highest BCUT2D eigenvalue weighted by molar-refractivity contribution is 6.30. The first-order valence-electron chi connectivity index (χ1n) is 5.32. The number of nitrogens with one attached hydrogen (secondary N) is 1. The van der Waals surface area contributed by atoms with Crippen molar-refractivity contribution in [3.63, 3.8) is 0 Å². The first-order chi connectivity index (χ1) is 7.20. The number of fused-ring (bicyclic) bond motifs is 1. The molecular weight excluding hydrogens is 210 g/mol. The lowest BCUT2D eigenvalue weighted by atomic mass is 10.0. The summed E-state index contributed by atoms with van der Waals surface area (Å²) in [4.78, 5) is 0. The Morgan fingerprint density at radius 3 is 3.07 bits per heavy atom. The van der Waals surface area contributed by atoms with Crippen LogP contribution in [0.5, 0.6) is 5.75 Å². The van der Waals surface area contributed by atoms with Crippen LogP contribution in [-0.4, -0.2) is 19.7 Å². The fraction of sp³-hybridized carbons (Fsp3) is 0.500. The van der Waals surface area contributed by atoms with E-state index in [1.165, 1.54) is 11.1 Å². The maximum absolute atomic E-state index is 6.08. The summed E-state index contributed by atoms with van der Waals surface area (Å²) >= 11 is 6.08. The maximum atomic E-state index is 6.08. The number of ether oxygens (including phenoxy) is 1. The van der Waals surface area contributed by atoms with Crippen LogP contribution in [-0.2, 0) is 12.8 Å². The number of rotatable bonds is 3. The van der Waals surface area contributed by atoms with Gasteiger partial charge < -0.3 is 10.1 Å². The van der Waals surface area contributed by atoms with Crippen molar-refractivity contribution in [1.82, 2.24) is 5.32 Å². The summed E-state index contributed by atoms with van der Waals surface area (Å²) in [6.07, 6.45) is 1.94. The molecule has 1 atom stereocenters. The van der Waals surface area contributed by atoms with Gasteiger partial charge in [0.05, 0.1) is 6.61 Å². The SMILES string of the molecule is CNC(C)Cc1cc(Cl)cc2c1OCC2. The molecule has 1 N–H and O–H groups in total. The molecule has 0 fully saturated rings. The molecule has 15 heavy (non-hydrogen) atoms. The third kappa shape index (κ3) is 2.27. The van der Waals surface area contributed by atoms with Gasteiger partial charge >= 0.3 is 0 Å². The molecule has 0 bridgehead atoms. The van der Waals surface area contributed by atoms with Crippen molar-refractivity contribution in [2.24, 2.45) is 0 Å². The molecule has 1 aromatic rings. The smallest absolute Gasteiger partial charge is 0.125 e. The van der Waals surface area contributed by atoms with Crippen LogP contribution in [0.4, 0.5) is 0 Å². The van der Waals surface area contributed by atoms with E-state index in [-0.39, 0.29) is 0 Å². The van der Waals surface area contributed by atoms with Gasteiger partial charge in [-0.2, -0.15) is 0 Å². The Labute approximate surface area is 95.6 Å². The fourth-order valence-corrected chi connectivity index (χ4v) is 2.19. The second-order valence-electron chi connectivity index (χ2n) is 4.05. The molecule has 0 radical (unpaired) electrons. The molecular formula is C12H16ClNO. The largest absolute Gasteiger partial charge is 0.493 e. The quantitative estimate of drug-likeness (QED) is 0.853. The predicted molar refractivity (Wildman–Crippen MR) is 62.9 cm³/mol. The molecule has 1 unspecified atom stereocenters. The number of benzene rings is 1. The molecule has 0 amide bonds. The van der Waals surface area contributed by atoms with Gasteiger partial charge in [0.2, 0.25) is 0 Å². The van der Waals surface area contributed by atoms with Crippen molar-refractivity contribution in [1.29, 1.82) is 0 Å². The third-order valence-corrected chi connectivity index (χ3v) is 3.06. The average Bonchev–Trinajstić information content (AvgIpc) is 2.65. The summed E-state index contributed by atoms with van der Waals surface area (Å²) in [7, 11) is 1.97. The zero-order valence-electron chi connectivity index (χ0n) is 9.14. The van der Waals surface area contributed by atoms with E-state index in [1.807, 2.05) is 19.2 Å². The molecule has 0 aromatic heterocycles. The Morgan fingerprint density at radius 2 is 2.33 bits per heavy atom. The van der Waals surface area contributed by atoms with Crippen molar-refractivity contribution in [2.45, 2.75) is 25.8 Å². The van der Waals surface area contributed by atoms with Crippen LogP contribution in [0.15, 0.2) is 12.1 Å². The van der Waals surface area contributed by atoms with E-state index in [9.17, 15) is 0 Å². The molecule has 3 heteroatoms. The molecule has 1 aromatic carbocycles. The van der Waals surface area contributed by atoms with Gasteiger partial charge in [0.1, 0.15) is 5.75 Å². The first-order valence-corrected chi connectivity index (χ1v) is 5.70. The lowest BCUT2D eigenvalue weighted by molar-refractivity contribution is 0.352. The van der Waals surface area contributed by atoms with Crippen LogP contribution in [0.1, 0.15) is 18.1 Å². The minimum atomic E-state index is 0.441. The number of halogens is 1. The van der Waals surface area contributed by atoms with Crippen molar-refractivity contribution in [3.05, 3.63) is 28.3 Å². The summed E-state index contributed by atoms with van der Waals surface area (Å²) < 4.78 is 5.64. The van der Waals surface area contributed by atoms with E-state index >= 15 is 0 Å². The zero-order valence-corrected chi connectivity index (χ0v) is 9.90. The predicted octanol–water partition coefficient (Wildman–Crippen LogP) is 2.43. The van der Waals surface area contributed by atoms with E-state index in [1.54, 1.807) is 0 Å². The normalized spacial score (nSPS) is 15.9. The molecule has 82 valence electrons. The van der Waals surface area contributed by atoms with E-state index in [2.05, 4.69) is 12.2 Å². The summed E-state index contributed by atoms with van der Waals surface area (Å²) in [5.41, 5.74) is 2.47. The van der Waals surface area contributed by atoms with Crippen LogP contribution in [0, 0.1) is 0 Å². The number of hydrogen-bond acceptors (Lipinski definition) is 2. The molecule has 2 rings (SSSR count). The van der Waals surface area contributed by atoms with Crippen molar-refractivity contribution < 1.29 is 4.74 Å². The van der Waals surface area contributed by atoms with E-state index in [0.29, 0.717) is 6.04 Å². The van der Waals surface area contributed by atoms with Gasteiger partial charge in [0.25, 0.3) is 0 Å². The summed E-state index contributed by atoms with van der Waals surface area (Å²) in [6.45, 7) is 2.94. The Hall–Kier alpha value is -0.730. The van der Waals surface area contributed by atoms with Gasteiger partial charge in [-0.05, 0) is 43.7 Å². The zero-order chi connectivity index (χ0) is 10.8. The second-order valence-corrected chi connectivity index (χ2v) is 4.48. The molecule has 0 saturated carbocycles. The lowest BCUT2D eigenvalue weighted by Crippen LogP contribution is -2.23. The fourth-order valence-electron chi connectivity index (χ4n) is 1.93. The number of hydrogen-bond donors (Lipinski definition) is 1. The van der Waals surface area contributed by atoms with Gasteiger partial charge in [-0.15, -0.1) is 0 Å². The maximum Gasteiger partial charge on any atom is 0.125 e. The molecule has 0 aliphatic carbocycles. The minimum Gasteiger partial charge on any atom is -0.493 e. The summed E-state index contributed by atoms with van der Waals surface area (Å²) in [6, 6.07) is 4.47. The summed E-state index contributed by atoms with van der Waals surface area (Å²) in [5, 5.41) is 4.04. The minimum absolute atomic E-state index is 0.441. The van der Waals surface area contributed by atoms with Gasteiger partial charge in [-0.25, -0.2) is 0 Å². The highest BCUT2D eigenvalue weighted by Crippen LogP contribution is 2.33. The van der Waals surface area contributed by atoms with Gasteiger partial charge in [0.15, 0.2) is 0 Å². The highest BCUT2D eigenvalue weighted by Gasteiger charge is 2.18. The van der Waals surface area contributed by atoms with E-state index < -0.39 is 0 Å². The second kappa shape index (κ2) is 4.42. The summed E-state index contributed by atoms with van der Waals surface area (Å²) in [5.74, 6) is 1.06. The van der Waals surface area contributed by atoms with Crippen LogP contribution in [0.25, 0.3) is 0 Å². The third-order valence-electron chi connectivity index (χ3n) is 2.84. The van der Waals surface area contributed by atoms with Crippen molar-refractivity contribution >= 4 is 11.6 Å². The molecule has 2 nitrogen and oxygen atoms in total. The van der Waals surface area contributed by atoms with Crippen LogP contribution in [0.2, 0.25) is 5.02 Å². The van der Waals surface area contributed by atoms with E-state index in [0.717, 1.165) is 30.2 Å². The van der Waals surface area contributed by atoms with Gasteiger partial charge in [0, 0.05) is 17.5 Å².